The average molecular weight is 286 g/mol. The molecule has 1 rings (SSSR count). The van der Waals surface area contributed by atoms with Crippen LogP contribution in [-0.2, 0) is 9.53 Å². The Kier molecular flexibility index (Phi) is 6.78. The maximum Gasteiger partial charge on any atom is 0.329 e. The molecule has 0 aromatic carbocycles. The number of carbonyl (C=O) groups is 2. The number of unbranched alkanes of at least 4 members (excludes halogenated alkanes) is 1. The molecule has 0 spiro atoms. The summed E-state index contributed by atoms with van der Waals surface area (Å²) in [5, 5.41) is 14.9. The van der Waals surface area contributed by atoms with Gasteiger partial charge in [0.25, 0.3) is 0 Å². The summed E-state index contributed by atoms with van der Waals surface area (Å²) in [7, 11) is 1.64. The van der Waals surface area contributed by atoms with Gasteiger partial charge in [0.15, 0.2) is 0 Å². The Morgan fingerprint density at radius 2 is 2.10 bits per heavy atom. The SMILES string of the molecule is COCCCCNC(=O)NC1(C(=O)O)CCCCC1C. The Bertz CT molecular complexity index is 335. The van der Waals surface area contributed by atoms with Gasteiger partial charge in [-0.15, -0.1) is 0 Å². The second-order valence-corrected chi connectivity index (χ2v) is 5.50. The average Bonchev–Trinajstić information content (AvgIpc) is 2.41. The first kappa shape index (κ1) is 16.8. The lowest BCUT2D eigenvalue weighted by Gasteiger charge is -2.39. The third-order valence-electron chi connectivity index (χ3n) is 4.08. The summed E-state index contributed by atoms with van der Waals surface area (Å²) in [4.78, 5) is 23.5. The van der Waals surface area contributed by atoms with E-state index in [1.54, 1.807) is 7.11 Å². The minimum absolute atomic E-state index is 0.0482. The zero-order valence-corrected chi connectivity index (χ0v) is 12.4. The number of rotatable bonds is 7. The summed E-state index contributed by atoms with van der Waals surface area (Å²) in [6, 6.07) is -0.390. The predicted octanol–water partition coefficient (Wildman–Crippen LogP) is 1.75. The fourth-order valence-electron chi connectivity index (χ4n) is 2.72. The Morgan fingerprint density at radius 3 is 2.70 bits per heavy atom. The van der Waals surface area contributed by atoms with Crippen molar-refractivity contribution in [1.82, 2.24) is 10.6 Å². The van der Waals surface area contributed by atoms with E-state index in [9.17, 15) is 14.7 Å². The molecule has 2 unspecified atom stereocenters. The van der Waals surface area contributed by atoms with Gasteiger partial charge in [0.2, 0.25) is 0 Å². The molecule has 0 aliphatic heterocycles. The number of aliphatic carboxylic acids is 1. The van der Waals surface area contributed by atoms with E-state index in [1.165, 1.54) is 0 Å². The van der Waals surface area contributed by atoms with Crippen molar-refractivity contribution >= 4 is 12.0 Å². The van der Waals surface area contributed by atoms with Gasteiger partial charge in [0.1, 0.15) is 5.54 Å². The van der Waals surface area contributed by atoms with Crippen molar-refractivity contribution in [3.05, 3.63) is 0 Å². The number of amides is 2. The van der Waals surface area contributed by atoms with Gasteiger partial charge in [-0.3, -0.25) is 0 Å². The number of methoxy groups -OCH3 is 1. The van der Waals surface area contributed by atoms with Gasteiger partial charge >= 0.3 is 12.0 Å². The molecule has 1 fully saturated rings. The summed E-state index contributed by atoms with van der Waals surface area (Å²) in [6.45, 7) is 3.09. The maximum atomic E-state index is 11.9. The van der Waals surface area contributed by atoms with Crippen molar-refractivity contribution in [3.8, 4) is 0 Å². The van der Waals surface area contributed by atoms with Crippen LogP contribution >= 0.6 is 0 Å². The molecule has 6 heteroatoms. The summed E-state index contributed by atoms with van der Waals surface area (Å²) in [5.41, 5.74) is -1.12. The van der Waals surface area contributed by atoms with E-state index in [4.69, 9.17) is 4.74 Å². The van der Waals surface area contributed by atoms with E-state index in [2.05, 4.69) is 10.6 Å². The van der Waals surface area contributed by atoms with E-state index < -0.39 is 17.5 Å². The number of urea groups is 1. The molecule has 0 aromatic heterocycles. The number of nitrogens with one attached hydrogen (secondary N) is 2. The molecule has 0 bridgehead atoms. The molecule has 0 radical (unpaired) electrons. The molecular weight excluding hydrogens is 260 g/mol. The fraction of sp³-hybridized carbons (Fsp3) is 0.857. The lowest BCUT2D eigenvalue weighted by molar-refractivity contribution is -0.148. The third-order valence-corrected chi connectivity index (χ3v) is 4.08. The molecule has 2 atom stereocenters. The molecule has 1 aliphatic rings. The van der Waals surface area contributed by atoms with Crippen LogP contribution in [0.1, 0.15) is 45.4 Å². The zero-order valence-electron chi connectivity index (χ0n) is 12.4. The fourth-order valence-corrected chi connectivity index (χ4v) is 2.72. The van der Waals surface area contributed by atoms with E-state index in [0.717, 1.165) is 32.1 Å². The number of hydrogen-bond acceptors (Lipinski definition) is 3. The summed E-state index contributed by atoms with van der Waals surface area (Å²) >= 11 is 0. The quantitative estimate of drug-likeness (QED) is 0.622. The molecule has 20 heavy (non-hydrogen) atoms. The van der Waals surface area contributed by atoms with Gasteiger partial charge in [0, 0.05) is 20.3 Å². The summed E-state index contributed by atoms with van der Waals surface area (Å²) in [5.74, 6) is -0.979. The van der Waals surface area contributed by atoms with Crippen LogP contribution in [0.5, 0.6) is 0 Å². The highest BCUT2D eigenvalue weighted by Crippen LogP contribution is 2.33. The first-order valence-electron chi connectivity index (χ1n) is 7.31. The minimum atomic E-state index is -1.12. The molecule has 6 nitrogen and oxygen atoms in total. The van der Waals surface area contributed by atoms with Gasteiger partial charge in [-0.25, -0.2) is 9.59 Å². The highest BCUT2D eigenvalue weighted by Gasteiger charge is 2.46. The van der Waals surface area contributed by atoms with Gasteiger partial charge < -0.3 is 20.5 Å². The second-order valence-electron chi connectivity index (χ2n) is 5.50. The molecular formula is C14H26N2O4. The van der Waals surface area contributed by atoms with E-state index >= 15 is 0 Å². The van der Waals surface area contributed by atoms with Crippen LogP contribution < -0.4 is 10.6 Å². The number of ether oxygens (including phenoxy) is 1. The van der Waals surface area contributed by atoms with Crippen molar-refractivity contribution < 1.29 is 19.4 Å². The minimum Gasteiger partial charge on any atom is -0.479 e. The van der Waals surface area contributed by atoms with Crippen molar-refractivity contribution in [2.45, 2.75) is 51.0 Å². The van der Waals surface area contributed by atoms with Gasteiger partial charge in [-0.2, -0.15) is 0 Å². The molecule has 0 heterocycles. The lowest BCUT2D eigenvalue weighted by Crippen LogP contribution is -2.61. The molecule has 0 saturated heterocycles. The Hall–Kier alpha value is -1.30. The van der Waals surface area contributed by atoms with Gasteiger partial charge in [-0.1, -0.05) is 19.8 Å². The van der Waals surface area contributed by atoms with Crippen molar-refractivity contribution in [2.24, 2.45) is 5.92 Å². The number of carboxylic acid groups (broad SMARTS) is 1. The highest BCUT2D eigenvalue weighted by molar-refractivity contribution is 5.86. The zero-order chi connectivity index (χ0) is 15.0. The van der Waals surface area contributed by atoms with E-state index in [1.807, 2.05) is 6.92 Å². The van der Waals surface area contributed by atoms with Crippen molar-refractivity contribution in [1.29, 1.82) is 0 Å². The Labute approximate surface area is 120 Å². The highest BCUT2D eigenvalue weighted by atomic mass is 16.5. The topological polar surface area (TPSA) is 87.7 Å². The summed E-state index contributed by atoms with van der Waals surface area (Å²) in [6.07, 6.45) is 4.89. The third kappa shape index (κ3) is 4.37. The standard InChI is InChI=1S/C14H26N2O4/c1-11-7-3-4-8-14(11,12(17)18)16-13(19)15-9-5-6-10-20-2/h11H,3-10H2,1-2H3,(H,17,18)(H2,15,16,19). The number of carbonyl (C=O) groups excluding carboxylic acids is 1. The largest absolute Gasteiger partial charge is 0.479 e. The number of hydrogen-bond donors (Lipinski definition) is 3. The second kappa shape index (κ2) is 8.09. The van der Waals surface area contributed by atoms with Crippen LogP contribution in [0.4, 0.5) is 4.79 Å². The van der Waals surface area contributed by atoms with Crippen LogP contribution in [0.15, 0.2) is 0 Å². The molecule has 1 aliphatic carbocycles. The van der Waals surface area contributed by atoms with Crippen LogP contribution in [0, 0.1) is 5.92 Å². The molecule has 1 saturated carbocycles. The monoisotopic (exact) mass is 286 g/mol. The van der Waals surface area contributed by atoms with Crippen LogP contribution in [0.2, 0.25) is 0 Å². The molecule has 2 amide bonds. The van der Waals surface area contributed by atoms with E-state index in [0.29, 0.717) is 19.6 Å². The Balaban J connectivity index is 2.45. The Morgan fingerprint density at radius 1 is 1.35 bits per heavy atom. The van der Waals surface area contributed by atoms with Crippen LogP contribution in [0.3, 0.4) is 0 Å². The van der Waals surface area contributed by atoms with Crippen LogP contribution in [0.25, 0.3) is 0 Å². The number of carboxylic acids is 1. The maximum absolute atomic E-state index is 11.9. The lowest BCUT2D eigenvalue weighted by atomic mass is 9.73. The van der Waals surface area contributed by atoms with Gasteiger partial charge in [-0.05, 0) is 31.6 Å². The van der Waals surface area contributed by atoms with Crippen molar-refractivity contribution in [3.63, 3.8) is 0 Å². The molecule has 0 aromatic rings. The first-order chi connectivity index (χ1) is 9.53. The van der Waals surface area contributed by atoms with Gasteiger partial charge in [0.05, 0.1) is 0 Å². The van der Waals surface area contributed by atoms with E-state index in [-0.39, 0.29) is 5.92 Å². The van der Waals surface area contributed by atoms with Crippen LogP contribution in [-0.4, -0.2) is 42.9 Å². The summed E-state index contributed by atoms with van der Waals surface area (Å²) < 4.78 is 4.93. The smallest absolute Gasteiger partial charge is 0.329 e. The molecule has 3 N–H and O–H groups in total. The first-order valence-corrected chi connectivity index (χ1v) is 7.31. The molecule has 116 valence electrons. The normalized spacial score (nSPS) is 26.0. The van der Waals surface area contributed by atoms with Crippen molar-refractivity contribution in [2.75, 3.05) is 20.3 Å². The predicted molar refractivity (Wildman–Crippen MR) is 75.6 cm³/mol.